The lowest BCUT2D eigenvalue weighted by Crippen LogP contribution is -2.31. The van der Waals surface area contributed by atoms with Crippen molar-refractivity contribution in [3.63, 3.8) is 0 Å². The largest absolute Gasteiger partial charge is 0.481 e. The molecule has 2 nitrogen and oxygen atoms in total. The van der Waals surface area contributed by atoms with Gasteiger partial charge in [-0.3, -0.25) is 4.79 Å². The summed E-state index contributed by atoms with van der Waals surface area (Å²) < 4.78 is 37.7. The van der Waals surface area contributed by atoms with Crippen LogP contribution in [0, 0.1) is 0 Å². The van der Waals surface area contributed by atoms with Crippen LogP contribution in [0.1, 0.15) is 38.5 Å². The molecule has 1 aliphatic rings. The zero-order valence-electron chi connectivity index (χ0n) is 8.79. The molecule has 1 fully saturated rings. The van der Waals surface area contributed by atoms with Crippen molar-refractivity contribution in [3.8, 4) is 0 Å². The second-order valence-electron chi connectivity index (χ2n) is 4.02. The Morgan fingerprint density at radius 3 is 2.31 bits per heavy atom. The lowest BCUT2D eigenvalue weighted by Gasteiger charge is -2.26. The summed E-state index contributed by atoms with van der Waals surface area (Å²) in [4.78, 5) is 10.4. The fraction of sp³-hybridized carbons (Fsp3) is 0.900. The van der Waals surface area contributed by atoms with Crippen molar-refractivity contribution in [2.75, 3.05) is 0 Å². The van der Waals surface area contributed by atoms with Crippen molar-refractivity contribution in [2.24, 2.45) is 0 Å². The van der Waals surface area contributed by atoms with Gasteiger partial charge in [-0.25, -0.2) is 0 Å². The van der Waals surface area contributed by atoms with Gasteiger partial charge in [-0.15, -0.1) is 11.8 Å². The zero-order chi connectivity index (χ0) is 12.2. The highest BCUT2D eigenvalue weighted by Crippen LogP contribution is 2.39. The van der Waals surface area contributed by atoms with Crippen molar-refractivity contribution in [2.45, 2.75) is 55.2 Å². The van der Waals surface area contributed by atoms with Gasteiger partial charge in [0.05, 0.1) is 6.42 Å². The number of carboxylic acids is 1. The molecular weight excluding hydrogens is 241 g/mol. The first kappa shape index (κ1) is 13.7. The molecule has 6 heteroatoms. The summed E-state index contributed by atoms with van der Waals surface area (Å²) in [5.41, 5.74) is 0. The highest BCUT2D eigenvalue weighted by molar-refractivity contribution is 8.00. The number of hydrogen-bond acceptors (Lipinski definition) is 2. The molecule has 0 aromatic rings. The topological polar surface area (TPSA) is 37.3 Å². The van der Waals surface area contributed by atoms with Gasteiger partial charge < -0.3 is 5.11 Å². The Balaban J connectivity index is 2.51. The molecule has 0 saturated heterocycles. The molecule has 94 valence electrons. The van der Waals surface area contributed by atoms with E-state index in [2.05, 4.69) is 0 Å². The van der Waals surface area contributed by atoms with Gasteiger partial charge in [-0.05, 0) is 12.8 Å². The molecule has 0 aromatic carbocycles. The molecule has 16 heavy (non-hydrogen) atoms. The summed E-state index contributed by atoms with van der Waals surface area (Å²) in [7, 11) is 0. The van der Waals surface area contributed by atoms with Crippen LogP contribution in [0.4, 0.5) is 13.2 Å². The van der Waals surface area contributed by atoms with E-state index in [9.17, 15) is 18.0 Å². The third kappa shape index (κ3) is 4.63. The van der Waals surface area contributed by atoms with Crippen LogP contribution in [-0.2, 0) is 4.79 Å². The predicted octanol–water partition coefficient (Wildman–Crippen LogP) is 3.46. The monoisotopic (exact) mass is 256 g/mol. The molecule has 0 bridgehead atoms. The van der Waals surface area contributed by atoms with E-state index >= 15 is 0 Å². The fourth-order valence-electron chi connectivity index (χ4n) is 1.83. The molecule has 0 spiro atoms. The maximum atomic E-state index is 12.6. The molecule has 1 atom stereocenters. The maximum Gasteiger partial charge on any atom is 0.401 e. The molecule has 0 amide bonds. The van der Waals surface area contributed by atoms with E-state index in [0.717, 1.165) is 43.9 Å². The third-order valence-electron chi connectivity index (χ3n) is 2.63. The Morgan fingerprint density at radius 2 is 1.88 bits per heavy atom. The zero-order valence-corrected chi connectivity index (χ0v) is 9.61. The molecule has 1 unspecified atom stereocenters. The molecule has 1 N–H and O–H groups in total. The Kier molecular flexibility index (Phi) is 4.95. The fourth-order valence-corrected chi connectivity index (χ4v) is 3.30. The van der Waals surface area contributed by atoms with Crippen LogP contribution in [0.3, 0.4) is 0 Å². The van der Waals surface area contributed by atoms with E-state index in [0.29, 0.717) is 0 Å². The van der Waals surface area contributed by atoms with Crippen molar-refractivity contribution in [1.82, 2.24) is 0 Å². The van der Waals surface area contributed by atoms with Gasteiger partial charge in [-0.1, -0.05) is 19.3 Å². The van der Waals surface area contributed by atoms with Gasteiger partial charge in [-0.2, -0.15) is 13.2 Å². The second kappa shape index (κ2) is 5.80. The molecule has 0 aromatic heterocycles. The van der Waals surface area contributed by atoms with Crippen molar-refractivity contribution in [1.29, 1.82) is 0 Å². The average molecular weight is 256 g/mol. The number of alkyl halides is 3. The molecule has 0 aliphatic heterocycles. The van der Waals surface area contributed by atoms with Gasteiger partial charge in [0.1, 0.15) is 5.25 Å². The van der Waals surface area contributed by atoms with Gasteiger partial charge in [0, 0.05) is 5.25 Å². The smallest absolute Gasteiger partial charge is 0.401 e. The van der Waals surface area contributed by atoms with Crippen LogP contribution in [0.2, 0.25) is 0 Å². The second-order valence-corrected chi connectivity index (χ2v) is 5.53. The van der Waals surface area contributed by atoms with E-state index in [-0.39, 0.29) is 5.25 Å². The first-order chi connectivity index (χ1) is 7.39. The Morgan fingerprint density at radius 1 is 1.31 bits per heavy atom. The first-order valence-electron chi connectivity index (χ1n) is 5.33. The number of aliphatic carboxylic acids is 1. The molecule has 0 radical (unpaired) electrons. The number of thioether (sulfide) groups is 1. The lowest BCUT2D eigenvalue weighted by atomic mass is 10.0. The summed E-state index contributed by atoms with van der Waals surface area (Å²) in [5.74, 6) is -1.38. The standard InChI is InChI=1S/C10H15F3O2S/c11-10(12,13)8(6-9(14)15)16-7-4-2-1-3-5-7/h7-8H,1-6H2,(H,14,15). The normalized spacial score (nSPS) is 20.7. The molecule has 0 heterocycles. The first-order valence-corrected chi connectivity index (χ1v) is 6.28. The van der Waals surface area contributed by atoms with E-state index in [4.69, 9.17) is 5.11 Å². The van der Waals surface area contributed by atoms with Crippen LogP contribution < -0.4 is 0 Å². The number of hydrogen-bond donors (Lipinski definition) is 1. The van der Waals surface area contributed by atoms with E-state index in [1.165, 1.54) is 0 Å². The Labute approximate surface area is 96.6 Å². The highest BCUT2D eigenvalue weighted by atomic mass is 32.2. The summed E-state index contributed by atoms with van der Waals surface area (Å²) >= 11 is 0.795. The average Bonchev–Trinajstić information content (AvgIpc) is 2.16. The van der Waals surface area contributed by atoms with Gasteiger partial charge in [0.15, 0.2) is 0 Å². The highest BCUT2D eigenvalue weighted by Gasteiger charge is 2.42. The quantitative estimate of drug-likeness (QED) is 0.837. The summed E-state index contributed by atoms with van der Waals surface area (Å²) in [6.45, 7) is 0. The number of rotatable bonds is 4. The van der Waals surface area contributed by atoms with Crippen LogP contribution in [-0.4, -0.2) is 27.8 Å². The number of carboxylic acid groups (broad SMARTS) is 1. The van der Waals surface area contributed by atoms with Gasteiger partial charge in [0.2, 0.25) is 0 Å². The van der Waals surface area contributed by atoms with Crippen molar-refractivity contribution in [3.05, 3.63) is 0 Å². The summed E-state index contributed by atoms with van der Waals surface area (Å²) in [5, 5.41) is 6.68. The SMILES string of the molecule is O=C(O)CC(SC1CCCCC1)C(F)(F)F. The van der Waals surface area contributed by atoms with Gasteiger partial charge in [0.25, 0.3) is 0 Å². The van der Waals surface area contributed by atoms with Crippen LogP contribution in [0.5, 0.6) is 0 Å². The van der Waals surface area contributed by atoms with E-state index in [1.54, 1.807) is 0 Å². The number of carbonyl (C=O) groups is 1. The van der Waals surface area contributed by atoms with Gasteiger partial charge >= 0.3 is 12.1 Å². The third-order valence-corrected chi connectivity index (χ3v) is 4.25. The van der Waals surface area contributed by atoms with Crippen LogP contribution in [0.25, 0.3) is 0 Å². The lowest BCUT2D eigenvalue weighted by molar-refractivity contribution is -0.150. The van der Waals surface area contributed by atoms with Crippen LogP contribution in [0.15, 0.2) is 0 Å². The Hall–Kier alpha value is -0.390. The van der Waals surface area contributed by atoms with Crippen molar-refractivity contribution < 1.29 is 23.1 Å². The Bertz CT molecular complexity index is 237. The summed E-state index contributed by atoms with van der Waals surface area (Å²) in [6, 6.07) is 0. The van der Waals surface area contributed by atoms with E-state index < -0.39 is 23.8 Å². The van der Waals surface area contributed by atoms with Crippen molar-refractivity contribution >= 4 is 17.7 Å². The molecule has 1 aliphatic carbocycles. The maximum absolute atomic E-state index is 12.6. The number of halogens is 3. The molecule has 1 saturated carbocycles. The minimum Gasteiger partial charge on any atom is -0.481 e. The van der Waals surface area contributed by atoms with Crippen LogP contribution >= 0.6 is 11.8 Å². The van der Waals surface area contributed by atoms with E-state index in [1.807, 2.05) is 0 Å². The minimum atomic E-state index is -4.42. The predicted molar refractivity (Wildman–Crippen MR) is 56.6 cm³/mol. The molecule has 1 rings (SSSR count). The summed E-state index contributed by atoms with van der Waals surface area (Å²) in [6.07, 6.45) is -0.712. The minimum absolute atomic E-state index is 0.0280. The molecular formula is C10H15F3O2S.